The highest BCUT2D eigenvalue weighted by Crippen LogP contribution is 2.22. The molecule has 19 heavy (non-hydrogen) atoms. The molecule has 0 radical (unpaired) electrons. The van der Waals surface area contributed by atoms with E-state index in [4.69, 9.17) is 5.26 Å². The summed E-state index contributed by atoms with van der Waals surface area (Å²) in [5, 5.41) is 8.72. The van der Waals surface area contributed by atoms with E-state index in [9.17, 15) is 0 Å². The van der Waals surface area contributed by atoms with E-state index in [1.165, 1.54) is 6.42 Å². The van der Waals surface area contributed by atoms with E-state index in [2.05, 4.69) is 33.6 Å². The van der Waals surface area contributed by atoms with Crippen molar-refractivity contribution in [1.82, 2.24) is 14.9 Å². The van der Waals surface area contributed by atoms with Crippen LogP contribution in [0, 0.1) is 17.2 Å². The average molecular weight is 259 g/mol. The summed E-state index contributed by atoms with van der Waals surface area (Å²) in [5.41, 5.74) is 0.377. The van der Waals surface area contributed by atoms with Crippen LogP contribution in [-0.4, -0.2) is 47.6 Å². The molecule has 0 aliphatic carbocycles. The van der Waals surface area contributed by atoms with Crippen molar-refractivity contribution >= 4 is 5.82 Å². The minimum Gasteiger partial charge on any atom is -0.355 e. The molecule has 1 aromatic heterocycles. The summed E-state index contributed by atoms with van der Waals surface area (Å²) in [7, 11) is 0. The van der Waals surface area contributed by atoms with Crippen LogP contribution < -0.4 is 4.90 Å². The Hall–Kier alpha value is -1.67. The van der Waals surface area contributed by atoms with Crippen LogP contribution in [0.25, 0.3) is 0 Å². The molecule has 0 amide bonds. The Labute approximate surface area is 114 Å². The lowest BCUT2D eigenvalue weighted by Crippen LogP contribution is -2.31. The van der Waals surface area contributed by atoms with Gasteiger partial charge in [0.05, 0.1) is 12.4 Å². The normalized spacial score (nSPS) is 18.8. The van der Waals surface area contributed by atoms with Crippen LogP contribution in [0.15, 0.2) is 12.4 Å². The lowest BCUT2D eigenvalue weighted by atomic mass is 10.1. The second kappa shape index (κ2) is 6.48. The van der Waals surface area contributed by atoms with Crippen LogP contribution >= 0.6 is 0 Å². The molecule has 0 N–H and O–H groups in total. The molecule has 0 bridgehead atoms. The number of hydrogen-bond acceptors (Lipinski definition) is 5. The van der Waals surface area contributed by atoms with Gasteiger partial charge in [0.2, 0.25) is 0 Å². The highest BCUT2D eigenvalue weighted by molar-refractivity contribution is 5.38. The molecule has 1 aliphatic heterocycles. The van der Waals surface area contributed by atoms with E-state index in [0.29, 0.717) is 11.6 Å². The fourth-order valence-corrected chi connectivity index (χ4v) is 2.58. The van der Waals surface area contributed by atoms with Crippen LogP contribution in [0.1, 0.15) is 26.0 Å². The van der Waals surface area contributed by atoms with Gasteiger partial charge in [-0.1, -0.05) is 13.8 Å². The van der Waals surface area contributed by atoms with Gasteiger partial charge in [-0.2, -0.15) is 5.26 Å². The largest absolute Gasteiger partial charge is 0.355 e. The van der Waals surface area contributed by atoms with Crippen molar-refractivity contribution in [2.45, 2.75) is 20.3 Å². The van der Waals surface area contributed by atoms with E-state index in [1.54, 1.807) is 12.4 Å². The maximum Gasteiger partial charge on any atom is 0.158 e. The van der Waals surface area contributed by atoms with Crippen molar-refractivity contribution in [1.29, 1.82) is 5.26 Å². The van der Waals surface area contributed by atoms with E-state index in [0.717, 1.165) is 38.5 Å². The quantitative estimate of drug-likeness (QED) is 0.802. The summed E-state index contributed by atoms with van der Waals surface area (Å²) >= 11 is 0. The van der Waals surface area contributed by atoms with Crippen molar-refractivity contribution < 1.29 is 0 Å². The maximum absolute atomic E-state index is 8.72. The molecule has 5 heteroatoms. The lowest BCUT2D eigenvalue weighted by molar-refractivity contribution is 0.261. The fraction of sp³-hybridized carbons (Fsp3) is 0.643. The van der Waals surface area contributed by atoms with Gasteiger partial charge >= 0.3 is 0 Å². The number of nitriles is 1. The molecule has 2 heterocycles. The van der Waals surface area contributed by atoms with E-state index < -0.39 is 0 Å². The highest BCUT2D eigenvalue weighted by atomic mass is 15.2. The third-order valence-corrected chi connectivity index (χ3v) is 3.77. The fourth-order valence-electron chi connectivity index (χ4n) is 2.58. The van der Waals surface area contributed by atoms with Crippen LogP contribution in [0.5, 0.6) is 0 Å². The summed E-state index contributed by atoms with van der Waals surface area (Å²) < 4.78 is 0. The second-order valence-electron chi connectivity index (χ2n) is 4.96. The molecule has 0 spiro atoms. The third kappa shape index (κ3) is 3.42. The molecule has 1 unspecified atom stereocenters. The molecule has 1 fully saturated rings. The third-order valence-electron chi connectivity index (χ3n) is 3.77. The van der Waals surface area contributed by atoms with Crippen molar-refractivity contribution in [3.63, 3.8) is 0 Å². The zero-order chi connectivity index (χ0) is 13.7. The van der Waals surface area contributed by atoms with E-state index in [-0.39, 0.29) is 0 Å². The standard InChI is InChI=1S/C14H21N5/c1-3-18(4-2)10-12-5-6-19(11-12)14-9-16-13(7-15)8-17-14/h8-9,12H,3-6,10-11H2,1-2H3. The molecule has 102 valence electrons. The molecule has 1 aromatic rings. The van der Waals surface area contributed by atoms with Crippen molar-refractivity contribution in [2.75, 3.05) is 37.6 Å². The molecule has 0 aromatic carbocycles. The van der Waals surface area contributed by atoms with Crippen LogP contribution in [0.3, 0.4) is 0 Å². The van der Waals surface area contributed by atoms with Gasteiger partial charge in [-0.05, 0) is 25.4 Å². The highest BCUT2D eigenvalue weighted by Gasteiger charge is 2.24. The van der Waals surface area contributed by atoms with Gasteiger partial charge in [0, 0.05) is 19.6 Å². The number of rotatable bonds is 5. The van der Waals surface area contributed by atoms with E-state index in [1.807, 2.05) is 6.07 Å². The summed E-state index contributed by atoms with van der Waals surface area (Å²) in [6.07, 6.45) is 4.46. The smallest absolute Gasteiger partial charge is 0.158 e. The predicted molar refractivity (Wildman–Crippen MR) is 74.9 cm³/mol. The number of hydrogen-bond donors (Lipinski definition) is 0. The Kier molecular flexibility index (Phi) is 4.69. The molecule has 2 rings (SSSR count). The minimum absolute atomic E-state index is 0.377. The van der Waals surface area contributed by atoms with E-state index >= 15 is 0 Å². The monoisotopic (exact) mass is 259 g/mol. The second-order valence-corrected chi connectivity index (χ2v) is 4.96. The average Bonchev–Trinajstić information content (AvgIpc) is 2.93. The molecule has 1 atom stereocenters. The SMILES string of the molecule is CCN(CC)CC1CCN(c2cnc(C#N)cn2)C1. The topological polar surface area (TPSA) is 56.0 Å². The Morgan fingerprint density at radius 2 is 2.16 bits per heavy atom. The summed E-state index contributed by atoms with van der Waals surface area (Å²) in [4.78, 5) is 13.1. The zero-order valence-corrected chi connectivity index (χ0v) is 11.7. The molecule has 0 saturated carbocycles. The van der Waals surface area contributed by atoms with Gasteiger partial charge in [0.1, 0.15) is 11.9 Å². The van der Waals surface area contributed by atoms with Gasteiger partial charge in [0.25, 0.3) is 0 Å². The molecule has 1 aliphatic rings. The first-order chi connectivity index (χ1) is 9.26. The Morgan fingerprint density at radius 1 is 1.37 bits per heavy atom. The first-order valence-corrected chi connectivity index (χ1v) is 6.96. The molecular formula is C14H21N5. The van der Waals surface area contributed by atoms with Gasteiger partial charge in [0.15, 0.2) is 5.69 Å². The van der Waals surface area contributed by atoms with Crippen molar-refractivity contribution in [2.24, 2.45) is 5.92 Å². The molecule has 1 saturated heterocycles. The number of anilines is 1. The minimum atomic E-state index is 0.377. The van der Waals surface area contributed by atoms with Gasteiger partial charge in [-0.25, -0.2) is 9.97 Å². The van der Waals surface area contributed by atoms with Gasteiger partial charge < -0.3 is 9.80 Å². The molecule has 5 nitrogen and oxygen atoms in total. The number of nitrogens with zero attached hydrogens (tertiary/aromatic N) is 5. The summed E-state index contributed by atoms with van der Waals surface area (Å²) in [5.74, 6) is 1.60. The number of aromatic nitrogens is 2. The summed E-state index contributed by atoms with van der Waals surface area (Å²) in [6, 6.07) is 2.00. The van der Waals surface area contributed by atoms with Crippen LogP contribution in [0.2, 0.25) is 0 Å². The Bertz CT molecular complexity index is 432. The van der Waals surface area contributed by atoms with Crippen LogP contribution in [0.4, 0.5) is 5.82 Å². The first kappa shape index (κ1) is 13.8. The van der Waals surface area contributed by atoms with Gasteiger partial charge in [-0.15, -0.1) is 0 Å². The Morgan fingerprint density at radius 3 is 2.74 bits per heavy atom. The zero-order valence-electron chi connectivity index (χ0n) is 11.7. The lowest BCUT2D eigenvalue weighted by Gasteiger charge is -2.22. The van der Waals surface area contributed by atoms with Crippen molar-refractivity contribution in [3.8, 4) is 6.07 Å². The maximum atomic E-state index is 8.72. The van der Waals surface area contributed by atoms with Crippen molar-refractivity contribution in [3.05, 3.63) is 18.1 Å². The summed E-state index contributed by atoms with van der Waals surface area (Å²) in [6.45, 7) is 9.88. The predicted octanol–water partition coefficient (Wildman–Crippen LogP) is 1.52. The first-order valence-electron chi connectivity index (χ1n) is 6.96. The Balaban J connectivity index is 1.92. The van der Waals surface area contributed by atoms with Gasteiger partial charge in [-0.3, -0.25) is 0 Å². The molecular weight excluding hydrogens is 238 g/mol. The van der Waals surface area contributed by atoms with Crippen LogP contribution in [-0.2, 0) is 0 Å².